The van der Waals surface area contributed by atoms with Gasteiger partial charge in [-0.05, 0) is 48.0 Å². The molecule has 0 saturated heterocycles. The maximum Gasteiger partial charge on any atom is 0.335 e. The van der Waals surface area contributed by atoms with E-state index in [0.717, 1.165) is 15.6 Å². The Morgan fingerprint density at radius 2 is 1.83 bits per heavy atom. The van der Waals surface area contributed by atoms with Gasteiger partial charge in [0.1, 0.15) is 18.2 Å². The fourth-order valence-electron chi connectivity index (χ4n) is 2.75. The van der Waals surface area contributed by atoms with Gasteiger partial charge in [0.25, 0.3) is 0 Å². The van der Waals surface area contributed by atoms with Gasteiger partial charge in [0.2, 0.25) is 0 Å². The molecule has 0 fully saturated rings. The summed E-state index contributed by atoms with van der Waals surface area (Å²) in [5.74, 6) is -0.726. The van der Waals surface area contributed by atoms with E-state index in [4.69, 9.17) is 21.4 Å². The summed E-state index contributed by atoms with van der Waals surface area (Å²) in [5.41, 5.74) is 2.43. The van der Waals surface area contributed by atoms with Crippen LogP contribution in [0, 0.1) is 5.82 Å². The first-order valence-corrected chi connectivity index (χ1v) is 9.98. The molecule has 0 spiro atoms. The van der Waals surface area contributed by atoms with E-state index in [1.54, 1.807) is 36.4 Å². The molecule has 4 nitrogen and oxygen atoms in total. The van der Waals surface area contributed by atoms with Crippen LogP contribution >= 0.6 is 39.9 Å². The number of hydrogen-bond acceptors (Lipinski definition) is 3. The Kier molecular flexibility index (Phi) is 9.11. The summed E-state index contributed by atoms with van der Waals surface area (Å²) >= 11 is 9.52. The van der Waals surface area contributed by atoms with Gasteiger partial charge in [-0.2, -0.15) is 0 Å². The lowest BCUT2D eigenvalue weighted by Crippen LogP contribution is -2.14. The smallest absolute Gasteiger partial charge is 0.335 e. The van der Waals surface area contributed by atoms with Crippen LogP contribution in [0.5, 0.6) is 5.75 Å². The SMILES string of the molecule is Cl.O=C(O)c1ccc(CNCc2cc(Br)ccc2OCc2c(F)cccc2Cl)cc1. The van der Waals surface area contributed by atoms with Crippen LogP contribution in [-0.4, -0.2) is 11.1 Å². The van der Waals surface area contributed by atoms with E-state index in [1.165, 1.54) is 6.07 Å². The van der Waals surface area contributed by atoms with Crippen LogP contribution in [0.25, 0.3) is 0 Å². The summed E-state index contributed by atoms with van der Waals surface area (Å²) in [6.07, 6.45) is 0. The molecule has 158 valence electrons. The normalized spacial score (nSPS) is 10.4. The van der Waals surface area contributed by atoms with E-state index in [1.807, 2.05) is 18.2 Å². The van der Waals surface area contributed by atoms with Gasteiger partial charge in [0, 0.05) is 28.7 Å². The lowest BCUT2D eigenvalue weighted by atomic mass is 10.1. The number of halogens is 4. The second-order valence-electron chi connectivity index (χ2n) is 6.35. The highest BCUT2D eigenvalue weighted by atomic mass is 79.9. The molecule has 0 aliphatic carbocycles. The maximum atomic E-state index is 14.0. The number of ether oxygens (including phenoxy) is 1. The van der Waals surface area contributed by atoms with Crippen molar-refractivity contribution in [1.29, 1.82) is 0 Å². The highest BCUT2D eigenvalue weighted by Crippen LogP contribution is 2.26. The second kappa shape index (κ2) is 11.3. The van der Waals surface area contributed by atoms with Crippen molar-refractivity contribution < 1.29 is 19.0 Å². The monoisotopic (exact) mass is 513 g/mol. The number of rotatable bonds is 8. The van der Waals surface area contributed by atoms with E-state index in [2.05, 4.69) is 21.2 Å². The largest absolute Gasteiger partial charge is 0.488 e. The number of benzene rings is 3. The molecule has 3 rings (SSSR count). The number of carboxylic acid groups (broad SMARTS) is 1. The van der Waals surface area contributed by atoms with Crippen molar-refractivity contribution in [2.45, 2.75) is 19.7 Å². The summed E-state index contributed by atoms with van der Waals surface area (Å²) in [6.45, 7) is 1.10. The molecule has 0 amide bonds. The van der Waals surface area contributed by atoms with Crippen molar-refractivity contribution in [3.63, 3.8) is 0 Å². The lowest BCUT2D eigenvalue weighted by Gasteiger charge is -2.14. The number of carbonyl (C=O) groups is 1. The zero-order chi connectivity index (χ0) is 20.8. The van der Waals surface area contributed by atoms with Crippen LogP contribution in [0.15, 0.2) is 65.1 Å². The summed E-state index contributed by atoms with van der Waals surface area (Å²) in [6, 6.07) is 16.8. The van der Waals surface area contributed by atoms with Crippen molar-refractivity contribution in [3.8, 4) is 5.75 Å². The predicted octanol–water partition coefficient (Wildman–Crippen LogP) is 6.23. The average Bonchev–Trinajstić information content (AvgIpc) is 2.69. The highest BCUT2D eigenvalue weighted by Gasteiger charge is 2.10. The van der Waals surface area contributed by atoms with Gasteiger partial charge in [0.15, 0.2) is 0 Å². The fraction of sp³-hybridized carbons (Fsp3) is 0.136. The topological polar surface area (TPSA) is 58.6 Å². The molecule has 8 heteroatoms. The molecule has 0 atom stereocenters. The number of nitrogens with one attached hydrogen (secondary N) is 1. The van der Waals surface area contributed by atoms with Crippen molar-refractivity contribution >= 4 is 45.9 Å². The standard InChI is InChI=1S/C22H18BrClFNO3.ClH/c23-17-8-9-21(29-13-18-19(24)2-1-3-20(18)25)16(10-17)12-26-11-14-4-6-15(7-5-14)22(27)28;/h1-10,26H,11-13H2,(H,27,28);1H. The molecule has 0 saturated carbocycles. The Morgan fingerprint density at radius 1 is 1.10 bits per heavy atom. The van der Waals surface area contributed by atoms with Crippen molar-refractivity contribution in [1.82, 2.24) is 5.32 Å². The third-order valence-corrected chi connectivity index (χ3v) is 5.15. The van der Waals surface area contributed by atoms with Crippen LogP contribution < -0.4 is 10.1 Å². The zero-order valence-corrected chi connectivity index (χ0v) is 18.9. The van der Waals surface area contributed by atoms with Crippen LogP contribution in [0.1, 0.15) is 27.0 Å². The first-order valence-electron chi connectivity index (χ1n) is 8.81. The maximum absolute atomic E-state index is 14.0. The van der Waals surface area contributed by atoms with Crippen LogP contribution in [0.4, 0.5) is 4.39 Å². The van der Waals surface area contributed by atoms with Crippen molar-refractivity contribution in [2.24, 2.45) is 0 Å². The molecule has 2 N–H and O–H groups in total. The van der Waals surface area contributed by atoms with Crippen LogP contribution in [0.3, 0.4) is 0 Å². The first-order chi connectivity index (χ1) is 13.9. The molecule has 30 heavy (non-hydrogen) atoms. The lowest BCUT2D eigenvalue weighted by molar-refractivity contribution is 0.0697. The van der Waals surface area contributed by atoms with E-state index in [0.29, 0.717) is 29.4 Å². The minimum Gasteiger partial charge on any atom is -0.488 e. The number of hydrogen-bond donors (Lipinski definition) is 2. The number of carboxylic acids is 1. The predicted molar refractivity (Wildman–Crippen MR) is 121 cm³/mol. The Labute approximate surface area is 193 Å². The van der Waals surface area contributed by atoms with Gasteiger partial charge >= 0.3 is 5.97 Å². The minimum atomic E-state index is -0.949. The summed E-state index contributed by atoms with van der Waals surface area (Å²) in [7, 11) is 0. The van der Waals surface area contributed by atoms with Crippen LogP contribution in [0.2, 0.25) is 5.02 Å². The molecular weight excluding hydrogens is 496 g/mol. The van der Waals surface area contributed by atoms with E-state index in [-0.39, 0.29) is 24.6 Å². The Balaban J connectivity index is 0.00000320. The summed E-state index contributed by atoms with van der Waals surface area (Å²) in [4.78, 5) is 10.9. The molecule has 3 aromatic rings. The third-order valence-electron chi connectivity index (χ3n) is 4.30. The zero-order valence-electron chi connectivity index (χ0n) is 15.7. The highest BCUT2D eigenvalue weighted by molar-refractivity contribution is 9.10. The van der Waals surface area contributed by atoms with Gasteiger partial charge in [0.05, 0.1) is 10.6 Å². The van der Waals surface area contributed by atoms with E-state index >= 15 is 0 Å². The summed E-state index contributed by atoms with van der Waals surface area (Å²) < 4.78 is 20.7. The van der Waals surface area contributed by atoms with E-state index in [9.17, 15) is 9.18 Å². The molecule has 0 radical (unpaired) electrons. The van der Waals surface area contributed by atoms with Crippen molar-refractivity contribution in [2.75, 3.05) is 0 Å². The Bertz CT molecular complexity index is 996. The van der Waals surface area contributed by atoms with Crippen LogP contribution in [-0.2, 0) is 19.7 Å². The second-order valence-corrected chi connectivity index (χ2v) is 7.67. The van der Waals surface area contributed by atoms with Gasteiger partial charge in [-0.25, -0.2) is 9.18 Å². The van der Waals surface area contributed by atoms with Gasteiger partial charge in [-0.3, -0.25) is 0 Å². The quantitative estimate of drug-likeness (QED) is 0.374. The Morgan fingerprint density at radius 3 is 2.50 bits per heavy atom. The van der Waals surface area contributed by atoms with Gasteiger partial charge < -0.3 is 15.2 Å². The first kappa shape index (κ1) is 24.2. The van der Waals surface area contributed by atoms with Crippen molar-refractivity contribution in [3.05, 3.63) is 98.2 Å². The molecule has 0 unspecified atom stereocenters. The molecule has 0 heterocycles. The minimum absolute atomic E-state index is 0. The number of aromatic carboxylic acids is 1. The molecule has 0 aromatic heterocycles. The molecular formula is C22H19BrCl2FNO3. The van der Waals surface area contributed by atoms with Gasteiger partial charge in [-0.15, -0.1) is 12.4 Å². The molecule has 0 bridgehead atoms. The Hall–Kier alpha value is -2.12. The van der Waals surface area contributed by atoms with Gasteiger partial charge in [-0.1, -0.05) is 45.7 Å². The van der Waals surface area contributed by atoms with E-state index < -0.39 is 11.8 Å². The fourth-order valence-corrected chi connectivity index (χ4v) is 3.38. The summed E-state index contributed by atoms with van der Waals surface area (Å²) in [5, 5.41) is 12.6. The third kappa shape index (κ3) is 6.44. The molecule has 0 aliphatic heterocycles. The average molecular weight is 515 g/mol. The molecule has 3 aromatic carbocycles. The molecule has 0 aliphatic rings.